The van der Waals surface area contributed by atoms with Crippen molar-refractivity contribution in [2.24, 2.45) is 11.3 Å². The number of piperidine rings is 1. The van der Waals surface area contributed by atoms with Crippen LogP contribution < -0.4 is 10.6 Å². The van der Waals surface area contributed by atoms with Gasteiger partial charge in [-0.15, -0.1) is 0 Å². The summed E-state index contributed by atoms with van der Waals surface area (Å²) in [5.74, 6) is 0.556. The third-order valence-electron chi connectivity index (χ3n) is 5.10. The Bertz CT molecular complexity index is 512. The summed E-state index contributed by atoms with van der Waals surface area (Å²) in [6.45, 7) is 7.16. The molecule has 3 nitrogen and oxygen atoms in total. The second-order valence-corrected chi connectivity index (χ2v) is 6.91. The van der Waals surface area contributed by atoms with E-state index in [-0.39, 0.29) is 11.8 Å². The van der Waals surface area contributed by atoms with Crippen molar-refractivity contribution in [1.82, 2.24) is 10.6 Å². The van der Waals surface area contributed by atoms with E-state index in [9.17, 15) is 4.79 Å². The Morgan fingerprint density at radius 3 is 2.57 bits per heavy atom. The van der Waals surface area contributed by atoms with E-state index < -0.39 is 0 Å². The fraction of sp³-hybridized carbons (Fsp3) is 0.611. The molecule has 1 heterocycles. The highest BCUT2D eigenvalue weighted by Gasteiger charge is 2.57. The van der Waals surface area contributed by atoms with E-state index in [1.807, 2.05) is 0 Å². The van der Waals surface area contributed by atoms with Crippen molar-refractivity contribution in [3.8, 4) is 0 Å². The second kappa shape index (κ2) is 5.80. The van der Waals surface area contributed by atoms with Crippen molar-refractivity contribution < 1.29 is 4.79 Å². The first-order chi connectivity index (χ1) is 10.1. The maximum absolute atomic E-state index is 12.3. The molecule has 1 aliphatic heterocycles. The van der Waals surface area contributed by atoms with Gasteiger partial charge in [0.2, 0.25) is 5.91 Å². The third-order valence-corrected chi connectivity index (χ3v) is 5.10. The molecule has 0 radical (unpaired) electrons. The van der Waals surface area contributed by atoms with Crippen LogP contribution in [0.15, 0.2) is 18.2 Å². The first kappa shape index (κ1) is 14.6. The molecule has 1 saturated heterocycles. The summed E-state index contributed by atoms with van der Waals surface area (Å²) in [5, 5.41) is 6.53. The largest absolute Gasteiger partial charge is 0.356 e. The highest BCUT2D eigenvalue weighted by Crippen LogP contribution is 2.58. The predicted octanol–water partition coefficient (Wildman–Crippen LogP) is 2.35. The van der Waals surface area contributed by atoms with Crippen molar-refractivity contribution in [2.45, 2.75) is 39.5 Å². The van der Waals surface area contributed by atoms with Gasteiger partial charge in [0.25, 0.3) is 0 Å². The van der Waals surface area contributed by atoms with Crippen molar-refractivity contribution in [2.75, 3.05) is 19.6 Å². The number of hydrogen-bond acceptors (Lipinski definition) is 2. The van der Waals surface area contributed by atoms with Crippen LogP contribution in [0.25, 0.3) is 0 Å². The Labute approximate surface area is 127 Å². The standard InChI is InChI=1S/C18H26N2O/c1-13-9-14(2)11-15(10-13)3-6-20-17(21)16-12-18(16)4-7-19-8-5-18/h9-11,16,19H,3-8,12H2,1-2H3,(H,20,21). The fourth-order valence-corrected chi connectivity index (χ4v) is 3.86. The fourth-order valence-electron chi connectivity index (χ4n) is 3.86. The summed E-state index contributed by atoms with van der Waals surface area (Å²) in [5.41, 5.74) is 4.26. The van der Waals surface area contributed by atoms with Crippen LogP contribution in [-0.2, 0) is 11.2 Å². The minimum atomic E-state index is 0.277. The minimum absolute atomic E-state index is 0.277. The normalized spacial score (nSPS) is 23.0. The van der Waals surface area contributed by atoms with E-state index >= 15 is 0 Å². The number of amides is 1. The molecule has 1 spiro atoms. The molecule has 1 aromatic rings. The number of rotatable bonds is 4. The van der Waals surface area contributed by atoms with Crippen molar-refractivity contribution in [3.05, 3.63) is 34.9 Å². The molecule has 3 heteroatoms. The van der Waals surface area contributed by atoms with Crippen molar-refractivity contribution in [1.29, 1.82) is 0 Å². The van der Waals surface area contributed by atoms with E-state index in [0.717, 1.165) is 32.5 Å². The highest BCUT2D eigenvalue weighted by molar-refractivity contribution is 5.82. The number of aryl methyl sites for hydroxylation is 2. The smallest absolute Gasteiger partial charge is 0.223 e. The lowest BCUT2D eigenvalue weighted by Crippen LogP contribution is -2.34. The quantitative estimate of drug-likeness (QED) is 0.892. The highest BCUT2D eigenvalue weighted by atomic mass is 16.2. The lowest BCUT2D eigenvalue weighted by atomic mass is 9.92. The Balaban J connectivity index is 1.46. The number of nitrogens with one attached hydrogen (secondary N) is 2. The third kappa shape index (κ3) is 3.29. The van der Waals surface area contributed by atoms with Gasteiger partial charge in [-0.05, 0) is 63.6 Å². The molecule has 1 unspecified atom stereocenters. The van der Waals surface area contributed by atoms with Gasteiger partial charge in [0, 0.05) is 12.5 Å². The van der Waals surface area contributed by atoms with Gasteiger partial charge in [-0.3, -0.25) is 4.79 Å². The Morgan fingerprint density at radius 2 is 1.90 bits per heavy atom. The zero-order valence-electron chi connectivity index (χ0n) is 13.2. The van der Waals surface area contributed by atoms with E-state index in [2.05, 4.69) is 42.7 Å². The van der Waals surface area contributed by atoms with E-state index in [4.69, 9.17) is 0 Å². The van der Waals surface area contributed by atoms with Gasteiger partial charge >= 0.3 is 0 Å². The van der Waals surface area contributed by atoms with E-state index in [0.29, 0.717) is 5.41 Å². The Kier molecular flexibility index (Phi) is 4.03. The number of hydrogen-bond donors (Lipinski definition) is 2. The van der Waals surface area contributed by atoms with Crippen LogP contribution in [0.4, 0.5) is 0 Å². The van der Waals surface area contributed by atoms with Gasteiger partial charge in [-0.2, -0.15) is 0 Å². The molecular formula is C18H26N2O. The Hall–Kier alpha value is -1.35. The maximum atomic E-state index is 12.3. The van der Waals surface area contributed by atoms with Crippen molar-refractivity contribution >= 4 is 5.91 Å². The monoisotopic (exact) mass is 286 g/mol. The van der Waals surface area contributed by atoms with Gasteiger partial charge in [-0.25, -0.2) is 0 Å². The van der Waals surface area contributed by atoms with E-state index in [1.54, 1.807) is 0 Å². The molecule has 2 N–H and O–H groups in total. The van der Waals surface area contributed by atoms with Crippen LogP contribution in [0.3, 0.4) is 0 Å². The minimum Gasteiger partial charge on any atom is -0.356 e. The molecule has 1 atom stereocenters. The predicted molar refractivity (Wildman–Crippen MR) is 85.3 cm³/mol. The van der Waals surface area contributed by atoms with Gasteiger partial charge < -0.3 is 10.6 Å². The molecule has 1 saturated carbocycles. The molecule has 1 aromatic carbocycles. The first-order valence-corrected chi connectivity index (χ1v) is 8.15. The van der Waals surface area contributed by atoms with Gasteiger partial charge in [0.1, 0.15) is 0 Å². The first-order valence-electron chi connectivity index (χ1n) is 8.15. The van der Waals surface area contributed by atoms with Gasteiger partial charge in [0.05, 0.1) is 0 Å². The number of carbonyl (C=O) groups excluding carboxylic acids is 1. The van der Waals surface area contributed by atoms with E-state index in [1.165, 1.54) is 29.5 Å². The summed E-state index contributed by atoms with van der Waals surface area (Å²) in [6.07, 6.45) is 4.37. The summed E-state index contributed by atoms with van der Waals surface area (Å²) in [7, 11) is 0. The molecule has 3 rings (SSSR count). The average Bonchev–Trinajstić information content (AvgIpc) is 3.12. The molecule has 1 aliphatic carbocycles. The molecule has 114 valence electrons. The topological polar surface area (TPSA) is 41.1 Å². The number of benzene rings is 1. The van der Waals surface area contributed by atoms with Crippen LogP contribution in [0.5, 0.6) is 0 Å². The van der Waals surface area contributed by atoms with Gasteiger partial charge in [-0.1, -0.05) is 29.3 Å². The number of carbonyl (C=O) groups is 1. The molecule has 21 heavy (non-hydrogen) atoms. The summed E-state index contributed by atoms with van der Waals surface area (Å²) in [4.78, 5) is 12.3. The summed E-state index contributed by atoms with van der Waals surface area (Å²) < 4.78 is 0. The molecule has 0 aromatic heterocycles. The average molecular weight is 286 g/mol. The van der Waals surface area contributed by atoms with Gasteiger partial charge in [0.15, 0.2) is 0 Å². The molecular weight excluding hydrogens is 260 g/mol. The maximum Gasteiger partial charge on any atom is 0.223 e. The Morgan fingerprint density at radius 1 is 1.24 bits per heavy atom. The molecule has 1 amide bonds. The molecule has 2 fully saturated rings. The zero-order valence-corrected chi connectivity index (χ0v) is 13.2. The molecule has 0 bridgehead atoms. The van der Waals surface area contributed by atoms with Crippen LogP contribution in [0, 0.1) is 25.2 Å². The lowest BCUT2D eigenvalue weighted by Gasteiger charge is -2.23. The van der Waals surface area contributed by atoms with Crippen molar-refractivity contribution in [3.63, 3.8) is 0 Å². The van der Waals surface area contributed by atoms with Crippen LogP contribution >= 0.6 is 0 Å². The zero-order chi connectivity index (χ0) is 14.9. The molecule has 2 aliphatic rings. The summed E-state index contributed by atoms with van der Waals surface area (Å²) in [6, 6.07) is 6.61. The van der Waals surface area contributed by atoms with Crippen LogP contribution in [-0.4, -0.2) is 25.5 Å². The lowest BCUT2D eigenvalue weighted by molar-refractivity contribution is -0.123. The second-order valence-electron chi connectivity index (χ2n) is 6.91. The van der Waals surface area contributed by atoms with Crippen LogP contribution in [0.1, 0.15) is 36.0 Å². The SMILES string of the molecule is Cc1cc(C)cc(CCNC(=O)C2CC23CCNCC3)c1. The van der Waals surface area contributed by atoms with Crippen LogP contribution in [0.2, 0.25) is 0 Å². The summed E-state index contributed by atoms with van der Waals surface area (Å²) >= 11 is 0.